The quantitative estimate of drug-likeness (QED) is 0.577. The van der Waals surface area contributed by atoms with Gasteiger partial charge in [0.25, 0.3) is 5.91 Å². The second-order valence-electron chi connectivity index (χ2n) is 4.36. The molecule has 2 rings (SSSR count). The zero-order valence-electron chi connectivity index (χ0n) is 12.3. The Labute approximate surface area is 143 Å². The van der Waals surface area contributed by atoms with E-state index in [0.717, 1.165) is 15.7 Å². The van der Waals surface area contributed by atoms with Crippen LogP contribution in [0.25, 0.3) is 0 Å². The standard InChI is InChI=1S/C16H16ClNO2S2/c1-3-21-16(22-4-2)14-13(19)9-10-18(15(14)20)12-7-5-11(17)6-8-12/h5-10H,3-4H2,1-2H3. The van der Waals surface area contributed by atoms with Crippen molar-refractivity contribution in [2.75, 3.05) is 16.4 Å². The Morgan fingerprint density at radius 2 is 1.68 bits per heavy atom. The molecule has 22 heavy (non-hydrogen) atoms. The fourth-order valence-electron chi connectivity index (χ4n) is 1.96. The number of thioether (sulfide) groups is 2. The molecule has 0 saturated carbocycles. The van der Waals surface area contributed by atoms with Crippen molar-refractivity contribution in [2.45, 2.75) is 13.8 Å². The maximum absolute atomic E-state index is 12.7. The van der Waals surface area contributed by atoms with Crippen LogP contribution in [0.5, 0.6) is 0 Å². The summed E-state index contributed by atoms with van der Waals surface area (Å²) in [6.07, 6.45) is 2.96. The Kier molecular flexibility index (Phi) is 6.17. The number of benzene rings is 1. The fraction of sp³-hybridized carbons (Fsp3) is 0.250. The zero-order chi connectivity index (χ0) is 16.1. The van der Waals surface area contributed by atoms with E-state index in [0.29, 0.717) is 10.7 Å². The summed E-state index contributed by atoms with van der Waals surface area (Å²) in [4.78, 5) is 26.4. The molecule has 0 unspecified atom stereocenters. The average molecular weight is 354 g/mol. The van der Waals surface area contributed by atoms with Gasteiger partial charge in [-0.05, 0) is 35.8 Å². The molecular weight excluding hydrogens is 338 g/mol. The molecule has 1 aromatic carbocycles. The molecule has 1 aliphatic heterocycles. The number of rotatable bonds is 5. The largest absolute Gasteiger partial charge is 0.289 e. The monoisotopic (exact) mass is 353 g/mol. The molecule has 0 saturated heterocycles. The lowest BCUT2D eigenvalue weighted by Crippen LogP contribution is -2.33. The number of amides is 1. The molecule has 0 aliphatic carbocycles. The van der Waals surface area contributed by atoms with Crippen molar-refractivity contribution in [1.82, 2.24) is 0 Å². The van der Waals surface area contributed by atoms with Crippen LogP contribution in [0.4, 0.5) is 5.69 Å². The first kappa shape index (κ1) is 17.2. The number of hydrogen-bond acceptors (Lipinski definition) is 4. The van der Waals surface area contributed by atoms with Gasteiger partial charge in [-0.3, -0.25) is 14.5 Å². The number of ketones is 1. The lowest BCUT2D eigenvalue weighted by Gasteiger charge is -2.24. The highest BCUT2D eigenvalue weighted by Gasteiger charge is 2.30. The molecule has 1 amide bonds. The van der Waals surface area contributed by atoms with Crippen molar-refractivity contribution >= 4 is 52.5 Å². The van der Waals surface area contributed by atoms with Gasteiger partial charge in [0, 0.05) is 23.0 Å². The lowest BCUT2D eigenvalue weighted by molar-refractivity contribution is -0.119. The predicted octanol–water partition coefficient (Wildman–Crippen LogP) is 4.49. The van der Waals surface area contributed by atoms with E-state index in [2.05, 4.69) is 0 Å². The van der Waals surface area contributed by atoms with Gasteiger partial charge in [-0.25, -0.2) is 0 Å². The summed E-state index contributed by atoms with van der Waals surface area (Å²) in [5, 5.41) is 0.604. The maximum atomic E-state index is 12.7. The van der Waals surface area contributed by atoms with Gasteiger partial charge >= 0.3 is 0 Å². The Morgan fingerprint density at radius 1 is 1.09 bits per heavy atom. The van der Waals surface area contributed by atoms with Gasteiger partial charge < -0.3 is 0 Å². The third kappa shape index (κ3) is 3.77. The van der Waals surface area contributed by atoms with E-state index in [9.17, 15) is 9.59 Å². The van der Waals surface area contributed by atoms with Gasteiger partial charge in [0.2, 0.25) is 0 Å². The van der Waals surface area contributed by atoms with Gasteiger partial charge in [-0.15, -0.1) is 23.5 Å². The summed E-state index contributed by atoms with van der Waals surface area (Å²) in [5.41, 5.74) is 0.953. The number of halogens is 1. The number of anilines is 1. The molecule has 1 heterocycles. The molecule has 1 aromatic rings. The molecular formula is C16H16ClNO2S2. The van der Waals surface area contributed by atoms with E-state index in [1.54, 1.807) is 24.3 Å². The van der Waals surface area contributed by atoms with Gasteiger partial charge in [0.05, 0.1) is 4.24 Å². The predicted molar refractivity (Wildman–Crippen MR) is 96.4 cm³/mol. The van der Waals surface area contributed by atoms with Gasteiger partial charge in [-0.2, -0.15) is 0 Å². The van der Waals surface area contributed by atoms with Crippen molar-refractivity contribution in [2.24, 2.45) is 0 Å². The number of carbonyl (C=O) groups excluding carboxylic acids is 2. The van der Waals surface area contributed by atoms with Crippen LogP contribution in [0.3, 0.4) is 0 Å². The van der Waals surface area contributed by atoms with Crippen LogP contribution in [0.1, 0.15) is 13.8 Å². The van der Waals surface area contributed by atoms with Crippen LogP contribution < -0.4 is 4.90 Å². The summed E-state index contributed by atoms with van der Waals surface area (Å²) >= 11 is 8.95. The molecule has 0 bridgehead atoms. The summed E-state index contributed by atoms with van der Waals surface area (Å²) in [7, 11) is 0. The zero-order valence-corrected chi connectivity index (χ0v) is 14.7. The van der Waals surface area contributed by atoms with E-state index in [-0.39, 0.29) is 17.3 Å². The smallest absolute Gasteiger partial charge is 0.268 e. The molecule has 0 fully saturated rings. The van der Waals surface area contributed by atoms with E-state index in [1.165, 1.54) is 40.7 Å². The molecule has 0 aromatic heterocycles. The average Bonchev–Trinajstić information content (AvgIpc) is 2.49. The molecule has 6 heteroatoms. The van der Waals surface area contributed by atoms with Crippen LogP contribution in [-0.2, 0) is 9.59 Å². The highest BCUT2D eigenvalue weighted by Crippen LogP contribution is 2.35. The van der Waals surface area contributed by atoms with Crippen molar-refractivity contribution < 1.29 is 9.59 Å². The van der Waals surface area contributed by atoms with Crippen LogP contribution in [0.2, 0.25) is 5.02 Å². The second-order valence-corrected chi connectivity index (χ2v) is 7.60. The van der Waals surface area contributed by atoms with Gasteiger partial charge in [-0.1, -0.05) is 25.4 Å². The summed E-state index contributed by atoms with van der Waals surface area (Å²) in [5.74, 6) is 1.12. The molecule has 0 radical (unpaired) electrons. The number of allylic oxidation sites excluding steroid dienone is 1. The molecule has 1 aliphatic rings. The normalized spacial score (nSPS) is 14.7. The number of carbonyl (C=O) groups is 2. The van der Waals surface area contributed by atoms with Gasteiger partial charge in [0.1, 0.15) is 5.57 Å². The fourth-order valence-corrected chi connectivity index (χ4v) is 4.32. The minimum absolute atomic E-state index is 0.230. The first-order valence-electron chi connectivity index (χ1n) is 6.90. The van der Waals surface area contributed by atoms with Crippen LogP contribution in [0, 0.1) is 0 Å². The molecule has 3 nitrogen and oxygen atoms in total. The minimum atomic E-state index is -0.285. The molecule has 0 atom stereocenters. The molecule has 0 N–H and O–H groups in total. The minimum Gasteiger partial charge on any atom is -0.289 e. The van der Waals surface area contributed by atoms with Crippen LogP contribution in [-0.4, -0.2) is 23.2 Å². The maximum Gasteiger partial charge on any atom is 0.268 e. The second kappa shape index (κ2) is 7.90. The first-order chi connectivity index (χ1) is 10.6. The lowest BCUT2D eigenvalue weighted by atomic mass is 10.1. The highest BCUT2D eigenvalue weighted by atomic mass is 35.5. The van der Waals surface area contributed by atoms with E-state index in [4.69, 9.17) is 11.6 Å². The van der Waals surface area contributed by atoms with Crippen LogP contribution >= 0.6 is 35.1 Å². The highest BCUT2D eigenvalue weighted by molar-refractivity contribution is 8.22. The molecule has 0 spiro atoms. The topological polar surface area (TPSA) is 37.4 Å². The van der Waals surface area contributed by atoms with E-state index in [1.807, 2.05) is 13.8 Å². The van der Waals surface area contributed by atoms with Crippen LogP contribution in [0.15, 0.2) is 46.4 Å². The van der Waals surface area contributed by atoms with Crippen molar-refractivity contribution in [3.05, 3.63) is 51.4 Å². The Balaban J connectivity index is 2.43. The van der Waals surface area contributed by atoms with E-state index >= 15 is 0 Å². The van der Waals surface area contributed by atoms with Crippen molar-refractivity contribution in [3.63, 3.8) is 0 Å². The first-order valence-corrected chi connectivity index (χ1v) is 9.24. The van der Waals surface area contributed by atoms with E-state index < -0.39 is 0 Å². The summed E-state index contributed by atoms with van der Waals surface area (Å²) < 4.78 is 0.795. The molecule has 116 valence electrons. The Hall–Kier alpha value is -1.17. The number of nitrogens with zero attached hydrogens (tertiary/aromatic N) is 1. The summed E-state index contributed by atoms with van der Waals surface area (Å²) in [6, 6.07) is 6.97. The third-order valence-corrected chi connectivity index (χ3v) is 5.38. The Morgan fingerprint density at radius 3 is 2.23 bits per heavy atom. The van der Waals surface area contributed by atoms with Gasteiger partial charge in [0.15, 0.2) is 5.78 Å². The van der Waals surface area contributed by atoms with Crippen molar-refractivity contribution in [3.8, 4) is 0 Å². The SMILES string of the molecule is CCSC(SCC)=C1C(=O)C=CN(c2ccc(Cl)cc2)C1=O. The Bertz CT molecular complexity index is 630. The third-order valence-electron chi connectivity index (χ3n) is 2.91. The van der Waals surface area contributed by atoms with Crippen molar-refractivity contribution in [1.29, 1.82) is 0 Å². The number of hydrogen-bond donors (Lipinski definition) is 0. The summed E-state index contributed by atoms with van der Waals surface area (Å²) in [6.45, 7) is 4.01.